The summed E-state index contributed by atoms with van der Waals surface area (Å²) in [6, 6.07) is 28.8. The lowest BCUT2D eigenvalue weighted by atomic mass is 9.89. The summed E-state index contributed by atoms with van der Waals surface area (Å²) in [6.45, 7) is 2.85. The van der Waals surface area contributed by atoms with Gasteiger partial charge in [-0.2, -0.15) is 0 Å². The second-order valence-corrected chi connectivity index (χ2v) is 11.3. The van der Waals surface area contributed by atoms with Gasteiger partial charge in [0.1, 0.15) is 30.5 Å². The maximum Gasteiger partial charge on any atom is 0.169 e. The summed E-state index contributed by atoms with van der Waals surface area (Å²) in [5.41, 5.74) is 12.4. The maximum atomic E-state index is 11.5. The molecule has 3 heterocycles. The van der Waals surface area contributed by atoms with Crippen molar-refractivity contribution in [1.29, 1.82) is 0 Å². The van der Waals surface area contributed by atoms with E-state index < -0.39 is 55.2 Å². The van der Waals surface area contributed by atoms with Gasteiger partial charge in [0.05, 0.1) is 32.0 Å². The molecule has 3 aliphatic rings. The van der Waals surface area contributed by atoms with Gasteiger partial charge in [-0.05, 0) is 22.2 Å². The molecule has 0 aromatic heterocycles. The summed E-state index contributed by atoms with van der Waals surface area (Å²) in [6.07, 6.45) is -4.81. The van der Waals surface area contributed by atoms with Gasteiger partial charge >= 0.3 is 0 Å². The Labute approximate surface area is 251 Å². The largest absolute Gasteiger partial charge is 0.388 e. The lowest BCUT2D eigenvalue weighted by Gasteiger charge is -2.46. The number of rotatable bonds is 11. The highest BCUT2D eigenvalue weighted by atomic mass is 16.8. The van der Waals surface area contributed by atoms with Gasteiger partial charge in [0, 0.05) is 17.3 Å². The van der Waals surface area contributed by atoms with Gasteiger partial charge in [0.25, 0.3) is 0 Å². The van der Waals surface area contributed by atoms with E-state index in [0.717, 1.165) is 16.7 Å². The van der Waals surface area contributed by atoms with Crippen LogP contribution >= 0.6 is 0 Å². The minimum absolute atomic E-state index is 0.267. The fraction of sp³-hybridized carbons (Fsp3) is 0.455. The maximum absolute atomic E-state index is 11.5. The zero-order chi connectivity index (χ0) is 29.6. The monoisotopic (exact) mass is 587 g/mol. The van der Waals surface area contributed by atoms with Gasteiger partial charge < -0.3 is 33.5 Å². The van der Waals surface area contributed by atoms with E-state index >= 15 is 0 Å². The molecule has 0 amide bonds. The highest BCUT2D eigenvalue weighted by Gasteiger charge is 2.54. The van der Waals surface area contributed by atoms with Crippen molar-refractivity contribution in [3.8, 4) is 0 Å². The quantitative estimate of drug-likeness (QED) is 0.191. The van der Waals surface area contributed by atoms with Crippen LogP contribution in [0.3, 0.4) is 0 Å². The van der Waals surface area contributed by atoms with Crippen LogP contribution in [0, 0.1) is 5.92 Å². The molecule has 226 valence electrons. The Morgan fingerprint density at radius 2 is 1.40 bits per heavy atom. The van der Waals surface area contributed by atoms with E-state index in [2.05, 4.69) is 10.0 Å². The number of hydrogen-bond donors (Lipinski definition) is 1. The van der Waals surface area contributed by atoms with E-state index in [4.69, 9.17) is 28.4 Å². The summed E-state index contributed by atoms with van der Waals surface area (Å²) in [5.74, 6) is -0.349. The smallest absolute Gasteiger partial charge is 0.169 e. The number of hydrogen-bond acceptors (Lipinski definition) is 8. The van der Waals surface area contributed by atoms with Crippen molar-refractivity contribution in [2.45, 2.75) is 81.8 Å². The third-order valence-electron chi connectivity index (χ3n) is 8.34. The van der Waals surface area contributed by atoms with Crippen molar-refractivity contribution in [1.82, 2.24) is 0 Å². The number of fused-ring (bicyclic) bond motifs is 2. The number of benzene rings is 3. The van der Waals surface area contributed by atoms with Gasteiger partial charge in [-0.15, -0.1) is 0 Å². The number of azide groups is 1. The Morgan fingerprint density at radius 1 is 0.814 bits per heavy atom. The van der Waals surface area contributed by atoms with Crippen LogP contribution in [0.15, 0.2) is 96.1 Å². The highest BCUT2D eigenvalue weighted by molar-refractivity contribution is 5.17. The molecule has 3 saturated heterocycles. The predicted molar refractivity (Wildman–Crippen MR) is 156 cm³/mol. The van der Waals surface area contributed by atoms with E-state index in [1.54, 1.807) is 0 Å². The minimum atomic E-state index is -0.887. The Morgan fingerprint density at radius 3 is 2.00 bits per heavy atom. The summed E-state index contributed by atoms with van der Waals surface area (Å²) < 4.78 is 37.9. The van der Waals surface area contributed by atoms with Crippen LogP contribution in [0.4, 0.5) is 0 Å². The Kier molecular flexibility index (Phi) is 9.67. The average Bonchev–Trinajstić information content (AvgIpc) is 3.48. The van der Waals surface area contributed by atoms with Gasteiger partial charge in [-0.3, -0.25) is 0 Å². The van der Waals surface area contributed by atoms with Crippen molar-refractivity contribution < 1.29 is 33.5 Å². The molecule has 3 fully saturated rings. The molecule has 10 nitrogen and oxygen atoms in total. The molecule has 4 unspecified atom stereocenters. The van der Waals surface area contributed by atoms with Crippen LogP contribution < -0.4 is 0 Å². The van der Waals surface area contributed by atoms with Crippen LogP contribution in [0.2, 0.25) is 0 Å². The molecule has 2 bridgehead atoms. The predicted octanol–water partition coefficient (Wildman–Crippen LogP) is 4.94. The third-order valence-corrected chi connectivity index (χ3v) is 8.34. The Bertz CT molecular complexity index is 1340. The van der Waals surface area contributed by atoms with Crippen molar-refractivity contribution in [3.63, 3.8) is 0 Å². The first-order valence-electron chi connectivity index (χ1n) is 14.8. The number of aliphatic hydroxyl groups is 1. The molecular weight excluding hydrogens is 550 g/mol. The van der Waals surface area contributed by atoms with Crippen molar-refractivity contribution >= 4 is 0 Å². The van der Waals surface area contributed by atoms with E-state index in [-0.39, 0.29) is 12.5 Å². The van der Waals surface area contributed by atoms with Gasteiger partial charge in [0.15, 0.2) is 12.6 Å². The fourth-order valence-electron chi connectivity index (χ4n) is 6.05. The molecule has 43 heavy (non-hydrogen) atoms. The normalized spacial score (nSPS) is 33.5. The molecule has 10 heteroatoms. The van der Waals surface area contributed by atoms with E-state index in [9.17, 15) is 10.6 Å². The molecule has 3 aromatic carbocycles. The van der Waals surface area contributed by atoms with Crippen molar-refractivity contribution in [2.24, 2.45) is 11.0 Å². The lowest BCUT2D eigenvalue weighted by Crippen LogP contribution is -2.60. The van der Waals surface area contributed by atoms with E-state index in [1.165, 1.54) is 0 Å². The van der Waals surface area contributed by atoms with Gasteiger partial charge in [0.2, 0.25) is 0 Å². The molecule has 6 rings (SSSR count). The first-order valence-corrected chi connectivity index (χ1v) is 14.8. The highest BCUT2D eigenvalue weighted by Crippen LogP contribution is 2.38. The summed E-state index contributed by atoms with van der Waals surface area (Å²) in [7, 11) is 0. The number of aliphatic hydroxyl groups excluding tert-OH is 1. The molecule has 0 aliphatic carbocycles. The first kappa shape index (κ1) is 29.7. The molecular formula is C33H37N3O7. The molecule has 0 spiro atoms. The molecule has 1 N–H and O–H groups in total. The zero-order valence-electron chi connectivity index (χ0n) is 24.0. The molecule has 10 atom stereocenters. The molecule has 0 radical (unpaired) electrons. The SMILES string of the molecule is CC1[C@H](O[C@@H]2C3CO[C@H](O3)C(N=[N+]=[N-])[C@@H]2OCc2ccccc2)OC(Cc2ccccc2)[C@@H](O)[C@H]1OCc1ccccc1. The Hall–Kier alpha value is -3.31. The zero-order valence-corrected chi connectivity index (χ0v) is 24.0. The Balaban J connectivity index is 1.25. The van der Waals surface area contributed by atoms with Crippen LogP contribution in [0.5, 0.6) is 0 Å². The van der Waals surface area contributed by atoms with Crippen LogP contribution in [0.1, 0.15) is 23.6 Å². The summed E-state index contributed by atoms with van der Waals surface area (Å²) >= 11 is 0. The standard InChI is InChI=1S/C33H37N3O7/c1-21-29(38-18-23-13-7-3-8-14-23)28(37)25(17-22-11-5-2-6-12-22)41-32(21)43-30-26-20-40-33(42-26)27(35-36-34)31(30)39-19-24-15-9-4-10-16-24/h2-16,21,25-33,37H,17-20H2,1H3/t21?,25?,26?,27?,28-,29+,30-,31+,32+,33-/m1/s1. The molecule has 3 aromatic rings. The van der Waals surface area contributed by atoms with Crippen molar-refractivity contribution in [2.75, 3.05) is 6.61 Å². The van der Waals surface area contributed by atoms with Crippen molar-refractivity contribution in [3.05, 3.63) is 118 Å². The van der Waals surface area contributed by atoms with Crippen LogP contribution in [-0.4, -0.2) is 67.0 Å². The second kappa shape index (κ2) is 14.0. The number of ether oxygens (including phenoxy) is 6. The molecule has 3 aliphatic heterocycles. The summed E-state index contributed by atoms with van der Waals surface area (Å²) in [5, 5.41) is 15.5. The average molecular weight is 588 g/mol. The minimum Gasteiger partial charge on any atom is -0.388 e. The second-order valence-electron chi connectivity index (χ2n) is 11.3. The number of nitrogens with zero attached hydrogens (tertiary/aromatic N) is 3. The van der Waals surface area contributed by atoms with Crippen LogP contribution in [0.25, 0.3) is 10.4 Å². The lowest BCUT2D eigenvalue weighted by molar-refractivity contribution is -0.322. The summed E-state index contributed by atoms with van der Waals surface area (Å²) in [4.78, 5) is 3.06. The third kappa shape index (κ3) is 6.93. The van der Waals surface area contributed by atoms with Gasteiger partial charge in [-0.1, -0.05) is 103 Å². The van der Waals surface area contributed by atoms with E-state index in [1.807, 2.05) is 97.9 Å². The fourth-order valence-corrected chi connectivity index (χ4v) is 6.05. The van der Waals surface area contributed by atoms with Crippen LogP contribution in [-0.2, 0) is 48.1 Å². The molecule has 0 saturated carbocycles. The first-order chi connectivity index (χ1) is 21.1. The van der Waals surface area contributed by atoms with Gasteiger partial charge in [-0.25, -0.2) is 0 Å². The van der Waals surface area contributed by atoms with E-state index in [0.29, 0.717) is 19.6 Å². The topological polar surface area (TPSA) is 124 Å².